The number of nitrogens with one attached hydrogen (secondary N) is 1. The fourth-order valence-corrected chi connectivity index (χ4v) is 1.97. The van der Waals surface area contributed by atoms with Crippen molar-refractivity contribution in [2.45, 2.75) is 13.5 Å². The van der Waals surface area contributed by atoms with Gasteiger partial charge in [0.05, 0.1) is 5.56 Å². The number of hydrogen-bond acceptors (Lipinski definition) is 2. The van der Waals surface area contributed by atoms with E-state index in [0.717, 1.165) is 11.1 Å². The summed E-state index contributed by atoms with van der Waals surface area (Å²) in [6.45, 7) is 2.22. The zero-order valence-electron chi connectivity index (χ0n) is 10.5. The van der Waals surface area contributed by atoms with Gasteiger partial charge in [-0.05, 0) is 42.3 Å². The smallest absolute Gasteiger partial charge is 0.255 e. The highest BCUT2D eigenvalue weighted by Gasteiger charge is 2.10. The first kappa shape index (κ1) is 13.4. The molecule has 0 atom stereocenters. The number of phenols is 1. The Bertz CT molecular complexity index is 611. The van der Waals surface area contributed by atoms with Crippen molar-refractivity contribution in [2.24, 2.45) is 0 Å². The monoisotopic (exact) mass is 275 g/mol. The Morgan fingerprint density at radius 3 is 2.74 bits per heavy atom. The van der Waals surface area contributed by atoms with Gasteiger partial charge in [0, 0.05) is 11.6 Å². The fraction of sp³-hybridized carbons (Fsp3) is 0.133. The van der Waals surface area contributed by atoms with E-state index < -0.39 is 0 Å². The van der Waals surface area contributed by atoms with E-state index in [1.165, 1.54) is 0 Å². The molecule has 0 aromatic heterocycles. The molecule has 0 bridgehead atoms. The van der Waals surface area contributed by atoms with Gasteiger partial charge in [0.15, 0.2) is 0 Å². The summed E-state index contributed by atoms with van der Waals surface area (Å²) < 4.78 is 0. The number of aromatic hydroxyl groups is 1. The van der Waals surface area contributed by atoms with Gasteiger partial charge in [-0.3, -0.25) is 4.79 Å². The minimum atomic E-state index is -0.308. The Hall–Kier alpha value is -2.00. The SMILES string of the molecule is Cc1ccc(C(=O)NCc2cccc(Cl)c2)c(O)c1. The molecule has 0 saturated carbocycles. The van der Waals surface area contributed by atoms with Crippen LogP contribution in [0.5, 0.6) is 5.75 Å². The lowest BCUT2D eigenvalue weighted by Crippen LogP contribution is -2.22. The molecule has 0 saturated heterocycles. The molecule has 0 unspecified atom stereocenters. The van der Waals surface area contributed by atoms with Crippen LogP contribution in [0.1, 0.15) is 21.5 Å². The van der Waals surface area contributed by atoms with Crippen LogP contribution in [0.15, 0.2) is 42.5 Å². The molecule has 2 rings (SSSR count). The van der Waals surface area contributed by atoms with Gasteiger partial charge in [0.2, 0.25) is 0 Å². The summed E-state index contributed by atoms with van der Waals surface area (Å²) >= 11 is 5.87. The summed E-state index contributed by atoms with van der Waals surface area (Å²) in [7, 11) is 0. The predicted octanol–water partition coefficient (Wildman–Crippen LogP) is 3.28. The van der Waals surface area contributed by atoms with E-state index >= 15 is 0 Å². The topological polar surface area (TPSA) is 49.3 Å². The van der Waals surface area contributed by atoms with Crippen LogP contribution >= 0.6 is 11.6 Å². The molecule has 0 radical (unpaired) electrons. The van der Waals surface area contributed by atoms with Crippen molar-refractivity contribution in [3.05, 3.63) is 64.2 Å². The minimum absolute atomic E-state index is 0.0106. The lowest BCUT2D eigenvalue weighted by atomic mass is 10.1. The highest BCUT2D eigenvalue weighted by Crippen LogP contribution is 2.18. The maximum Gasteiger partial charge on any atom is 0.255 e. The molecular formula is C15H14ClNO2. The van der Waals surface area contributed by atoms with Gasteiger partial charge in [-0.1, -0.05) is 29.8 Å². The zero-order valence-corrected chi connectivity index (χ0v) is 11.2. The number of aryl methyl sites for hydroxylation is 1. The fourth-order valence-electron chi connectivity index (χ4n) is 1.76. The van der Waals surface area contributed by atoms with Gasteiger partial charge in [-0.15, -0.1) is 0 Å². The normalized spacial score (nSPS) is 10.2. The number of phenolic OH excluding ortho intramolecular Hbond substituents is 1. The second-order valence-electron chi connectivity index (χ2n) is 4.33. The Kier molecular flexibility index (Phi) is 4.07. The molecule has 2 aromatic rings. The Morgan fingerprint density at radius 2 is 2.05 bits per heavy atom. The number of carbonyl (C=O) groups excluding carboxylic acids is 1. The zero-order chi connectivity index (χ0) is 13.8. The first-order valence-electron chi connectivity index (χ1n) is 5.88. The summed E-state index contributed by atoms with van der Waals surface area (Å²) in [5.41, 5.74) is 2.09. The van der Waals surface area contributed by atoms with E-state index in [1.807, 2.05) is 19.1 Å². The molecule has 1 amide bonds. The number of amides is 1. The number of carbonyl (C=O) groups is 1. The number of benzene rings is 2. The van der Waals surface area contributed by atoms with E-state index in [0.29, 0.717) is 11.6 Å². The van der Waals surface area contributed by atoms with Gasteiger partial charge in [-0.2, -0.15) is 0 Å². The Balaban J connectivity index is 2.05. The molecule has 19 heavy (non-hydrogen) atoms. The first-order valence-corrected chi connectivity index (χ1v) is 6.26. The van der Waals surface area contributed by atoms with Crippen LogP contribution in [0.4, 0.5) is 0 Å². The molecular weight excluding hydrogens is 262 g/mol. The van der Waals surface area contributed by atoms with Crippen molar-refractivity contribution in [2.75, 3.05) is 0 Å². The molecule has 3 nitrogen and oxygen atoms in total. The standard InChI is InChI=1S/C15H14ClNO2/c1-10-5-6-13(14(18)7-10)15(19)17-9-11-3-2-4-12(16)8-11/h2-8,18H,9H2,1H3,(H,17,19). The third-order valence-corrected chi connectivity index (χ3v) is 2.98. The van der Waals surface area contributed by atoms with Crippen LogP contribution in [0.3, 0.4) is 0 Å². The number of hydrogen-bond donors (Lipinski definition) is 2. The van der Waals surface area contributed by atoms with E-state index in [2.05, 4.69) is 5.32 Å². The first-order chi connectivity index (χ1) is 9.06. The second-order valence-corrected chi connectivity index (χ2v) is 4.77. The van der Waals surface area contributed by atoms with Crippen molar-refractivity contribution in [1.29, 1.82) is 0 Å². The molecule has 0 aliphatic carbocycles. The molecule has 0 spiro atoms. The van der Waals surface area contributed by atoms with Crippen LogP contribution in [0.2, 0.25) is 5.02 Å². The summed E-state index contributed by atoms with van der Waals surface area (Å²) in [5.74, 6) is -0.318. The van der Waals surface area contributed by atoms with Gasteiger partial charge < -0.3 is 10.4 Å². The van der Waals surface area contributed by atoms with E-state index in [1.54, 1.807) is 30.3 Å². The quantitative estimate of drug-likeness (QED) is 0.903. The molecule has 0 aliphatic rings. The third-order valence-electron chi connectivity index (χ3n) is 2.74. The summed E-state index contributed by atoms with van der Waals surface area (Å²) in [4.78, 5) is 11.9. The highest BCUT2D eigenvalue weighted by atomic mass is 35.5. The van der Waals surface area contributed by atoms with Crippen molar-refractivity contribution in [3.8, 4) is 5.75 Å². The predicted molar refractivity (Wildman–Crippen MR) is 75.5 cm³/mol. The molecule has 0 fully saturated rings. The van der Waals surface area contributed by atoms with Crippen LogP contribution in [0.25, 0.3) is 0 Å². The highest BCUT2D eigenvalue weighted by molar-refractivity contribution is 6.30. The number of halogens is 1. The largest absolute Gasteiger partial charge is 0.507 e. The van der Waals surface area contributed by atoms with Crippen LogP contribution in [0, 0.1) is 6.92 Å². The average molecular weight is 276 g/mol. The van der Waals surface area contributed by atoms with Gasteiger partial charge in [-0.25, -0.2) is 0 Å². The van der Waals surface area contributed by atoms with Crippen molar-refractivity contribution < 1.29 is 9.90 Å². The molecule has 0 aliphatic heterocycles. The molecule has 98 valence electrons. The van der Waals surface area contributed by atoms with E-state index in [9.17, 15) is 9.90 Å². The van der Waals surface area contributed by atoms with Gasteiger partial charge in [0.25, 0.3) is 5.91 Å². The van der Waals surface area contributed by atoms with Crippen LogP contribution in [-0.4, -0.2) is 11.0 Å². The van der Waals surface area contributed by atoms with Gasteiger partial charge in [0.1, 0.15) is 5.75 Å². The van der Waals surface area contributed by atoms with Crippen LogP contribution in [-0.2, 0) is 6.54 Å². The van der Waals surface area contributed by atoms with Crippen LogP contribution < -0.4 is 5.32 Å². The van der Waals surface area contributed by atoms with E-state index in [4.69, 9.17) is 11.6 Å². The minimum Gasteiger partial charge on any atom is -0.507 e. The van der Waals surface area contributed by atoms with Gasteiger partial charge >= 0.3 is 0 Å². The summed E-state index contributed by atoms with van der Waals surface area (Å²) in [5, 5.41) is 13.1. The number of rotatable bonds is 3. The molecule has 4 heteroatoms. The molecule has 0 heterocycles. The molecule has 2 aromatic carbocycles. The lowest BCUT2D eigenvalue weighted by molar-refractivity contribution is 0.0948. The average Bonchev–Trinajstić information content (AvgIpc) is 2.36. The Morgan fingerprint density at radius 1 is 1.26 bits per heavy atom. The Labute approximate surface area is 116 Å². The molecule has 2 N–H and O–H groups in total. The second kappa shape index (κ2) is 5.76. The maximum absolute atomic E-state index is 11.9. The van der Waals surface area contributed by atoms with Crippen molar-refractivity contribution in [1.82, 2.24) is 5.32 Å². The van der Waals surface area contributed by atoms with Crippen molar-refractivity contribution >= 4 is 17.5 Å². The maximum atomic E-state index is 11.9. The third kappa shape index (κ3) is 3.48. The lowest BCUT2D eigenvalue weighted by Gasteiger charge is -2.07. The van der Waals surface area contributed by atoms with Crippen molar-refractivity contribution in [3.63, 3.8) is 0 Å². The summed E-state index contributed by atoms with van der Waals surface area (Å²) in [6.07, 6.45) is 0. The summed E-state index contributed by atoms with van der Waals surface area (Å²) in [6, 6.07) is 12.2. The van der Waals surface area contributed by atoms with E-state index in [-0.39, 0.29) is 17.2 Å².